The second kappa shape index (κ2) is 8.17. The van der Waals surface area contributed by atoms with Crippen molar-refractivity contribution >= 4 is 23.5 Å². The van der Waals surface area contributed by atoms with Crippen molar-refractivity contribution in [3.05, 3.63) is 29.3 Å². The summed E-state index contributed by atoms with van der Waals surface area (Å²) in [5, 5.41) is 2.72. The van der Waals surface area contributed by atoms with E-state index in [0.29, 0.717) is 23.3 Å². The summed E-state index contributed by atoms with van der Waals surface area (Å²) >= 11 is 6.08. The van der Waals surface area contributed by atoms with Gasteiger partial charge in [-0.25, -0.2) is 4.79 Å². The number of piperidine rings is 1. The smallest absolute Gasteiger partial charge is 0.318 e. The van der Waals surface area contributed by atoms with E-state index in [4.69, 9.17) is 22.1 Å². The number of benzene rings is 1. The standard InChI is InChI=1S/C16H22ClN3O3/c1-11(15(21)19-16(18)22)20-8-4-5-12(9-20)10-23-14-7-3-2-6-13(14)17/h2-3,6-7,11-12H,4-5,8-10H2,1H3,(H3,18,19,21,22)/t11-,12-/m0/s1. The van der Waals surface area contributed by atoms with Crippen LogP contribution in [-0.2, 0) is 4.79 Å². The Hall–Kier alpha value is -1.79. The number of nitrogens with zero attached hydrogens (tertiary/aromatic N) is 1. The van der Waals surface area contributed by atoms with Gasteiger partial charge in [0.25, 0.3) is 0 Å². The van der Waals surface area contributed by atoms with Gasteiger partial charge in [0, 0.05) is 12.5 Å². The number of hydrogen-bond donors (Lipinski definition) is 2. The van der Waals surface area contributed by atoms with Gasteiger partial charge in [-0.3, -0.25) is 15.0 Å². The third kappa shape index (κ3) is 5.11. The number of para-hydroxylation sites is 1. The molecule has 6 nitrogen and oxygen atoms in total. The summed E-state index contributed by atoms with van der Waals surface area (Å²) in [6.07, 6.45) is 2.01. The lowest BCUT2D eigenvalue weighted by Crippen LogP contribution is -2.51. The number of urea groups is 1. The second-order valence-electron chi connectivity index (χ2n) is 5.77. The van der Waals surface area contributed by atoms with Crippen LogP contribution in [-0.4, -0.2) is 42.6 Å². The van der Waals surface area contributed by atoms with E-state index in [1.54, 1.807) is 13.0 Å². The molecule has 2 rings (SSSR count). The molecule has 1 fully saturated rings. The molecular weight excluding hydrogens is 318 g/mol. The fourth-order valence-corrected chi connectivity index (χ4v) is 2.94. The number of halogens is 1. The number of nitrogens with one attached hydrogen (secondary N) is 1. The van der Waals surface area contributed by atoms with Crippen molar-refractivity contribution in [1.82, 2.24) is 10.2 Å². The maximum absolute atomic E-state index is 11.9. The van der Waals surface area contributed by atoms with Gasteiger partial charge < -0.3 is 10.5 Å². The van der Waals surface area contributed by atoms with Crippen molar-refractivity contribution in [2.24, 2.45) is 11.7 Å². The molecule has 7 heteroatoms. The van der Waals surface area contributed by atoms with E-state index in [-0.39, 0.29) is 5.91 Å². The second-order valence-corrected chi connectivity index (χ2v) is 6.18. The van der Waals surface area contributed by atoms with Gasteiger partial charge in [-0.15, -0.1) is 0 Å². The van der Waals surface area contributed by atoms with Crippen molar-refractivity contribution < 1.29 is 14.3 Å². The topological polar surface area (TPSA) is 84.7 Å². The number of hydrogen-bond acceptors (Lipinski definition) is 4. The molecule has 0 radical (unpaired) electrons. The number of primary amides is 1. The molecule has 23 heavy (non-hydrogen) atoms. The predicted octanol–water partition coefficient (Wildman–Crippen LogP) is 2.01. The minimum Gasteiger partial charge on any atom is -0.492 e. The third-order valence-electron chi connectivity index (χ3n) is 4.04. The van der Waals surface area contributed by atoms with E-state index in [2.05, 4.69) is 5.32 Å². The van der Waals surface area contributed by atoms with Gasteiger partial charge in [-0.1, -0.05) is 23.7 Å². The minimum atomic E-state index is -0.822. The first kappa shape index (κ1) is 17.6. The van der Waals surface area contributed by atoms with Crippen LogP contribution in [0.5, 0.6) is 5.75 Å². The summed E-state index contributed by atoms with van der Waals surface area (Å²) < 4.78 is 5.80. The number of carbonyl (C=O) groups is 2. The molecule has 1 heterocycles. The Labute approximate surface area is 140 Å². The highest BCUT2D eigenvalue weighted by molar-refractivity contribution is 6.32. The minimum absolute atomic E-state index is 0.309. The number of likely N-dealkylation sites (tertiary alicyclic amines) is 1. The maximum atomic E-state index is 11.9. The first-order valence-electron chi connectivity index (χ1n) is 7.69. The maximum Gasteiger partial charge on any atom is 0.318 e. The van der Waals surface area contributed by atoms with Crippen molar-refractivity contribution in [1.29, 1.82) is 0 Å². The first-order chi connectivity index (χ1) is 11.0. The molecular formula is C16H22ClN3O3. The fourth-order valence-electron chi connectivity index (χ4n) is 2.75. The Morgan fingerprint density at radius 2 is 2.22 bits per heavy atom. The van der Waals surface area contributed by atoms with Crippen LogP contribution in [0.15, 0.2) is 24.3 Å². The number of carbonyl (C=O) groups excluding carboxylic acids is 2. The quantitative estimate of drug-likeness (QED) is 0.859. The summed E-state index contributed by atoms with van der Waals surface area (Å²) in [6, 6.07) is 6.15. The molecule has 1 aromatic rings. The highest BCUT2D eigenvalue weighted by Crippen LogP contribution is 2.25. The van der Waals surface area contributed by atoms with Crippen molar-refractivity contribution in [3.63, 3.8) is 0 Å². The van der Waals surface area contributed by atoms with Crippen molar-refractivity contribution in [2.75, 3.05) is 19.7 Å². The summed E-state index contributed by atoms with van der Waals surface area (Å²) in [4.78, 5) is 24.7. The Morgan fingerprint density at radius 1 is 1.48 bits per heavy atom. The largest absolute Gasteiger partial charge is 0.492 e. The Kier molecular flexibility index (Phi) is 6.24. The third-order valence-corrected chi connectivity index (χ3v) is 4.35. The molecule has 0 unspecified atom stereocenters. The summed E-state index contributed by atoms with van der Waals surface area (Å²) in [6.45, 7) is 3.87. The van der Waals surface area contributed by atoms with Gasteiger partial charge in [0.15, 0.2) is 0 Å². The van der Waals surface area contributed by atoms with Crippen LogP contribution in [0.25, 0.3) is 0 Å². The van der Waals surface area contributed by atoms with Crippen molar-refractivity contribution in [3.8, 4) is 5.75 Å². The molecule has 1 aliphatic rings. The lowest BCUT2D eigenvalue weighted by atomic mass is 9.97. The van der Waals surface area contributed by atoms with Crippen LogP contribution in [0.4, 0.5) is 4.79 Å². The van der Waals surface area contributed by atoms with Gasteiger partial charge in [0.1, 0.15) is 5.75 Å². The average Bonchev–Trinajstić information content (AvgIpc) is 2.53. The van der Waals surface area contributed by atoms with Gasteiger partial charge in [-0.05, 0) is 38.4 Å². The van der Waals surface area contributed by atoms with Gasteiger partial charge >= 0.3 is 6.03 Å². The number of ether oxygens (including phenoxy) is 1. The fraction of sp³-hybridized carbons (Fsp3) is 0.500. The molecule has 2 atom stereocenters. The Morgan fingerprint density at radius 3 is 2.91 bits per heavy atom. The van der Waals surface area contributed by atoms with E-state index < -0.39 is 12.1 Å². The molecule has 1 aliphatic heterocycles. The molecule has 0 aliphatic carbocycles. The van der Waals surface area contributed by atoms with Crippen molar-refractivity contribution in [2.45, 2.75) is 25.8 Å². The van der Waals surface area contributed by atoms with Crippen LogP contribution in [0.1, 0.15) is 19.8 Å². The number of imide groups is 1. The predicted molar refractivity (Wildman–Crippen MR) is 88.4 cm³/mol. The molecule has 1 aromatic carbocycles. The van der Waals surface area contributed by atoms with Crippen LogP contribution in [0.2, 0.25) is 5.02 Å². The van der Waals surface area contributed by atoms with E-state index in [9.17, 15) is 9.59 Å². The summed E-state index contributed by atoms with van der Waals surface area (Å²) in [7, 11) is 0. The zero-order valence-corrected chi connectivity index (χ0v) is 13.9. The molecule has 0 saturated carbocycles. The van der Waals surface area contributed by atoms with E-state index in [0.717, 1.165) is 25.9 Å². The lowest BCUT2D eigenvalue weighted by Gasteiger charge is -2.35. The summed E-state index contributed by atoms with van der Waals surface area (Å²) in [5.41, 5.74) is 4.99. The van der Waals surface area contributed by atoms with Gasteiger partial charge in [0.05, 0.1) is 17.7 Å². The van der Waals surface area contributed by atoms with Gasteiger partial charge in [-0.2, -0.15) is 0 Å². The van der Waals surface area contributed by atoms with E-state index >= 15 is 0 Å². The highest BCUT2D eigenvalue weighted by Gasteiger charge is 2.28. The number of rotatable bonds is 5. The molecule has 0 aromatic heterocycles. The number of amides is 3. The number of nitrogens with two attached hydrogens (primary N) is 1. The molecule has 0 spiro atoms. The van der Waals surface area contributed by atoms with Crippen LogP contribution < -0.4 is 15.8 Å². The Bertz CT molecular complexity index is 567. The van der Waals surface area contributed by atoms with Crippen LogP contribution in [0, 0.1) is 5.92 Å². The molecule has 0 bridgehead atoms. The van der Waals surface area contributed by atoms with Crippen LogP contribution >= 0.6 is 11.6 Å². The van der Waals surface area contributed by atoms with E-state index in [1.165, 1.54) is 0 Å². The van der Waals surface area contributed by atoms with Gasteiger partial charge in [0.2, 0.25) is 5.91 Å². The monoisotopic (exact) mass is 339 g/mol. The zero-order valence-electron chi connectivity index (χ0n) is 13.1. The lowest BCUT2D eigenvalue weighted by molar-refractivity contribution is -0.125. The molecule has 3 amide bonds. The SMILES string of the molecule is C[C@@H](C(=O)NC(N)=O)N1CCC[C@H](COc2ccccc2Cl)C1. The molecule has 126 valence electrons. The first-order valence-corrected chi connectivity index (χ1v) is 8.07. The van der Waals surface area contributed by atoms with Crippen LogP contribution in [0.3, 0.4) is 0 Å². The molecule has 1 saturated heterocycles. The average molecular weight is 340 g/mol. The van der Waals surface area contributed by atoms with E-state index in [1.807, 2.05) is 23.1 Å². The Balaban J connectivity index is 1.87. The summed E-state index contributed by atoms with van der Waals surface area (Å²) in [5.74, 6) is 0.611. The normalized spacial score (nSPS) is 19.8. The molecule has 3 N–H and O–H groups in total. The highest BCUT2D eigenvalue weighted by atomic mass is 35.5. The zero-order chi connectivity index (χ0) is 16.8.